The fourth-order valence-corrected chi connectivity index (χ4v) is 1.50. The maximum Gasteiger partial charge on any atom is 0.137 e. The van der Waals surface area contributed by atoms with Crippen molar-refractivity contribution in [2.45, 2.75) is 26.2 Å². The predicted octanol–water partition coefficient (Wildman–Crippen LogP) is 2.89. The predicted molar refractivity (Wildman–Crippen MR) is 60.8 cm³/mol. The van der Waals surface area contributed by atoms with Crippen LogP contribution in [0, 0.1) is 11.6 Å². The van der Waals surface area contributed by atoms with Crippen molar-refractivity contribution in [3.63, 3.8) is 0 Å². The van der Waals surface area contributed by atoms with Gasteiger partial charge in [-0.2, -0.15) is 0 Å². The molecule has 0 amide bonds. The van der Waals surface area contributed by atoms with Crippen LogP contribution >= 0.6 is 0 Å². The average Bonchev–Trinajstić information content (AvgIpc) is 2.29. The second-order valence-electron chi connectivity index (χ2n) is 3.75. The summed E-state index contributed by atoms with van der Waals surface area (Å²) >= 11 is 0. The van der Waals surface area contributed by atoms with Crippen LogP contribution in [0.2, 0.25) is 0 Å². The Hall–Kier alpha value is -1.29. The third-order valence-corrected chi connectivity index (χ3v) is 2.34. The molecule has 0 saturated heterocycles. The molecule has 0 aromatic heterocycles. The number of Topliss-reactive ketones (excluding diaryl/α,β-unsaturated/α-hetero) is 1. The van der Waals surface area contributed by atoms with E-state index in [1.54, 1.807) is 0 Å². The summed E-state index contributed by atoms with van der Waals surface area (Å²) in [6, 6.07) is 3.15. The zero-order valence-electron chi connectivity index (χ0n) is 9.84. The van der Waals surface area contributed by atoms with Gasteiger partial charge >= 0.3 is 0 Å². The van der Waals surface area contributed by atoms with Crippen molar-refractivity contribution >= 4 is 5.78 Å². The number of ketones is 1. The first-order valence-corrected chi connectivity index (χ1v) is 5.67. The molecule has 0 aliphatic carbocycles. The molecule has 0 unspecified atom stereocenters. The zero-order chi connectivity index (χ0) is 12.7. The summed E-state index contributed by atoms with van der Waals surface area (Å²) in [6.07, 6.45) is 0.884. The molecule has 0 bridgehead atoms. The van der Waals surface area contributed by atoms with Crippen LogP contribution in [0.25, 0.3) is 0 Å². The molecule has 94 valence electrons. The molecule has 2 nitrogen and oxygen atoms in total. The minimum atomic E-state index is -0.537. The summed E-state index contributed by atoms with van der Waals surface area (Å²) in [5.74, 6) is -1.16. The summed E-state index contributed by atoms with van der Waals surface area (Å²) in [5, 5.41) is 0. The average molecular weight is 242 g/mol. The number of hydrogen-bond acceptors (Lipinski definition) is 2. The largest absolute Gasteiger partial charge is 0.382 e. The van der Waals surface area contributed by atoms with Crippen LogP contribution in [0.15, 0.2) is 18.2 Å². The molecule has 17 heavy (non-hydrogen) atoms. The number of carbonyl (C=O) groups is 1. The molecular formula is C13H16F2O2. The van der Waals surface area contributed by atoms with Gasteiger partial charge in [-0.1, -0.05) is 0 Å². The monoisotopic (exact) mass is 242 g/mol. The molecule has 1 aromatic carbocycles. The second kappa shape index (κ2) is 7.12. The SMILES string of the molecule is CCOCCCC(=O)Cc1cc(F)ccc1F. The number of carbonyl (C=O) groups excluding carboxylic acids is 1. The fraction of sp³-hybridized carbons (Fsp3) is 0.462. The number of hydrogen-bond donors (Lipinski definition) is 0. The van der Waals surface area contributed by atoms with Crippen LogP contribution in [-0.4, -0.2) is 19.0 Å². The molecule has 0 fully saturated rings. The highest BCUT2D eigenvalue weighted by Crippen LogP contribution is 2.11. The molecule has 0 radical (unpaired) electrons. The van der Waals surface area contributed by atoms with Crippen LogP contribution in [-0.2, 0) is 16.0 Å². The minimum absolute atomic E-state index is 0.0598. The van der Waals surface area contributed by atoms with E-state index in [0.29, 0.717) is 26.1 Å². The standard InChI is InChI=1S/C13H16F2O2/c1-2-17-7-3-4-12(16)9-10-8-11(14)5-6-13(10)15/h5-6,8H,2-4,7,9H2,1H3. The van der Waals surface area contributed by atoms with Gasteiger partial charge < -0.3 is 4.74 Å². The maximum atomic E-state index is 13.2. The van der Waals surface area contributed by atoms with Gasteiger partial charge in [0.1, 0.15) is 17.4 Å². The lowest BCUT2D eigenvalue weighted by Crippen LogP contribution is -2.06. The van der Waals surface area contributed by atoms with E-state index < -0.39 is 11.6 Å². The molecule has 0 aliphatic heterocycles. The first-order valence-electron chi connectivity index (χ1n) is 5.67. The Bertz CT molecular complexity index is 378. The lowest BCUT2D eigenvalue weighted by atomic mass is 10.1. The van der Waals surface area contributed by atoms with E-state index in [2.05, 4.69) is 0 Å². The van der Waals surface area contributed by atoms with E-state index >= 15 is 0 Å². The van der Waals surface area contributed by atoms with Crippen LogP contribution in [0.1, 0.15) is 25.3 Å². The van der Waals surface area contributed by atoms with Gasteiger partial charge in [-0.15, -0.1) is 0 Å². The molecule has 1 rings (SSSR count). The molecular weight excluding hydrogens is 226 g/mol. The van der Waals surface area contributed by atoms with Gasteiger partial charge in [0.2, 0.25) is 0 Å². The highest BCUT2D eigenvalue weighted by atomic mass is 19.1. The molecule has 0 saturated carbocycles. The fourth-order valence-electron chi connectivity index (χ4n) is 1.50. The van der Waals surface area contributed by atoms with Crippen molar-refractivity contribution in [3.05, 3.63) is 35.4 Å². The van der Waals surface area contributed by atoms with Crippen LogP contribution in [0.3, 0.4) is 0 Å². The van der Waals surface area contributed by atoms with Crippen molar-refractivity contribution in [1.29, 1.82) is 0 Å². The summed E-state index contributed by atoms with van der Waals surface area (Å²) in [7, 11) is 0. The van der Waals surface area contributed by atoms with Gasteiger partial charge in [-0.05, 0) is 37.1 Å². The Kier molecular flexibility index (Phi) is 5.77. The number of rotatable bonds is 7. The molecule has 0 atom stereocenters. The van der Waals surface area contributed by atoms with Gasteiger partial charge in [-0.3, -0.25) is 4.79 Å². The van der Waals surface area contributed by atoms with Gasteiger partial charge in [0, 0.05) is 26.1 Å². The van der Waals surface area contributed by atoms with Gasteiger partial charge in [0.15, 0.2) is 0 Å². The molecule has 0 N–H and O–H groups in total. The Morgan fingerprint density at radius 1 is 1.35 bits per heavy atom. The first kappa shape index (κ1) is 13.8. The van der Waals surface area contributed by atoms with Crippen LogP contribution < -0.4 is 0 Å². The third kappa shape index (κ3) is 5.04. The van der Waals surface area contributed by atoms with E-state index in [1.807, 2.05) is 6.92 Å². The smallest absolute Gasteiger partial charge is 0.137 e. The first-order chi connectivity index (χ1) is 8.13. The second-order valence-corrected chi connectivity index (χ2v) is 3.75. The van der Waals surface area contributed by atoms with Crippen molar-refractivity contribution in [3.8, 4) is 0 Å². The topological polar surface area (TPSA) is 26.3 Å². The van der Waals surface area contributed by atoms with Crippen molar-refractivity contribution < 1.29 is 18.3 Å². The zero-order valence-corrected chi connectivity index (χ0v) is 9.84. The lowest BCUT2D eigenvalue weighted by Gasteiger charge is -2.03. The Morgan fingerprint density at radius 2 is 2.12 bits per heavy atom. The van der Waals surface area contributed by atoms with Gasteiger partial charge in [0.05, 0.1) is 0 Å². The quantitative estimate of drug-likeness (QED) is 0.687. The minimum Gasteiger partial charge on any atom is -0.382 e. The molecule has 0 heterocycles. The maximum absolute atomic E-state index is 13.2. The molecule has 0 spiro atoms. The van der Waals surface area contributed by atoms with E-state index in [9.17, 15) is 13.6 Å². The van der Waals surface area contributed by atoms with E-state index in [1.165, 1.54) is 0 Å². The molecule has 0 aliphatic rings. The highest BCUT2D eigenvalue weighted by Gasteiger charge is 2.09. The highest BCUT2D eigenvalue weighted by molar-refractivity contribution is 5.80. The molecule has 1 aromatic rings. The number of benzene rings is 1. The normalized spacial score (nSPS) is 10.5. The van der Waals surface area contributed by atoms with Crippen molar-refractivity contribution in [1.82, 2.24) is 0 Å². The Labute approximate surface area is 99.6 Å². The Balaban J connectivity index is 2.42. The van der Waals surface area contributed by atoms with E-state index in [-0.39, 0.29) is 17.8 Å². The van der Waals surface area contributed by atoms with E-state index in [0.717, 1.165) is 18.2 Å². The number of halogens is 2. The summed E-state index contributed by atoms with van der Waals surface area (Å²) in [6.45, 7) is 3.02. The third-order valence-electron chi connectivity index (χ3n) is 2.34. The molecule has 4 heteroatoms. The summed E-state index contributed by atoms with van der Waals surface area (Å²) < 4.78 is 31.2. The number of ether oxygens (including phenoxy) is 1. The van der Waals surface area contributed by atoms with Crippen LogP contribution in [0.5, 0.6) is 0 Å². The lowest BCUT2D eigenvalue weighted by molar-refractivity contribution is -0.118. The van der Waals surface area contributed by atoms with E-state index in [4.69, 9.17) is 4.74 Å². The summed E-state index contributed by atoms with van der Waals surface area (Å²) in [4.78, 5) is 11.5. The summed E-state index contributed by atoms with van der Waals surface area (Å²) in [5.41, 5.74) is 0.117. The van der Waals surface area contributed by atoms with Crippen LogP contribution in [0.4, 0.5) is 8.78 Å². The van der Waals surface area contributed by atoms with Gasteiger partial charge in [0.25, 0.3) is 0 Å². The van der Waals surface area contributed by atoms with Gasteiger partial charge in [-0.25, -0.2) is 8.78 Å². The Morgan fingerprint density at radius 3 is 2.82 bits per heavy atom. The van der Waals surface area contributed by atoms with Crippen molar-refractivity contribution in [2.24, 2.45) is 0 Å². The van der Waals surface area contributed by atoms with Crippen molar-refractivity contribution in [2.75, 3.05) is 13.2 Å².